The van der Waals surface area contributed by atoms with E-state index in [0.29, 0.717) is 6.54 Å². The molecule has 0 radical (unpaired) electrons. The van der Waals surface area contributed by atoms with E-state index in [1.54, 1.807) is 10.9 Å². The summed E-state index contributed by atoms with van der Waals surface area (Å²) in [5, 5.41) is 4.30. The van der Waals surface area contributed by atoms with Crippen LogP contribution in [0.3, 0.4) is 0 Å². The van der Waals surface area contributed by atoms with Gasteiger partial charge < -0.3 is 10.6 Å². The Bertz CT molecular complexity index is 413. The van der Waals surface area contributed by atoms with Gasteiger partial charge in [0.25, 0.3) is 5.91 Å². The van der Waals surface area contributed by atoms with Crippen LogP contribution in [0.5, 0.6) is 0 Å². The number of amides is 1. The molecule has 5 nitrogen and oxygen atoms in total. The Labute approximate surface area is 102 Å². The number of hydrogen-bond donors (Lipinski definition) is 1. The van der Waals surface area contributed by atoms with Gasteiger partial charge in [0, 0.05) is 32.4 Å². The second-order valence-electron chi connectivity index (χ2n) is 4.67. The van der Waals surface area contributed by atoms with Crippen molar-refractivity contribution in [3.63, 3.8) is 0 Å². The van der Waals surface area contributed by atoms with E-state index in [1.165, 1.54) is 0 Å². The zero-order chi connectivity index (χ0) is 12.4. The van der Waals surface area contributed by atoms with Crippen molar-refractivity contribution in [2.75, 3.05) is 13.1 Å². The molecule has 1 aliphatic rings. The van der Waals surface area contributed by atoms with Crippen molar-refractivity contribution in [1.29, 1.82) is 0 Å². The standard InChI is InChI=1S/C12H20N4O/c1-3-11-10(8-15(2)14-11)12(17)16-6-4-5-9(13)7-16/h8-9H,3-7,13H2,1-2H3. The maximum Gasteiger partial charge on any atom is 0.257 e. The summed E-state index contributed by atoms with van der Waals surface area (Å²) in [4.78, 5) is 14.2. The molecule has 1 aromatic heterocycles. The molecule has 1 atom stereocenters. The van der Waals surface area contributed by atoms with Crippen LogP contribution < -0.4 is 5.73 Å². The Morgan fingerprint density at radius 2 is 2.41 bits per heavy atom. The number of aryl methyl sites for hydroxylation is 2. The predicted molar refractivity (Wildman–Crippen MR) is 65.7 cm³/mol. The van der Waals surface area contributed by atoms with Gasteiger partial charge in [-0.15, -0.1) is 0 Å². The molecule has 0 saturated carbocycles. The Morgan fingerprint density at radius 1 is 1.65 bits per heavy atom. The normalized spacial score (nSPS) is 20.6. The fourth-order valence-electron chi connectivity index (χ4n) is 2.34. The molecule has 0 bridgehead atoms. The van der Waals surface area contributed by atoms with Gasteiger partial charge in [0.2, 0.25) is 0 Å². The minimum atomic E-state index is 0.0742. The molecule has 0 spiro atoms. The first-order chi connectivity index (χ1) is 8.11. The van der Waals surface area contributed by atoms with E-state index in [0.717, 1.165) is 37.1 Å². The quantitative estimate of drug-likeness (QED) is 0.815. The van der Waals surface area contributed by atoms with Gasteiger partial charge in [0.1, 0.15) is 0 Å². The lowest BCUT2D eigenvalue weighted by molar-refractivity contribution is 0.0707. The molecular formula is C12H20N4O. The van der Waals surface area contributed by atoms with Crippen molar-refractivity contribution in [3.8, 4) is 0 Å². The van der Waals surface area contributed by atoms with E-state index in [1.807, 2.05) is 18.9 Å². The lowest BCUT2D eigenvalue weighted by Crippen LogP contribution is -2.45. The summed E-state index contributed by atoms with van der Waals surface area (Å²) in [7, 11) is 1.85. The highest BCUT2D eigenvalue weighted by Crippen LogP contribution is 2.15. The van der Waals surface area contributed by atoms with Crippen LogP contribution in [0, 0.1) is 0 Å². The first-order valence-electron chi connectivity index (χ1n) is 6.19. The molecule has 2 rings (SSSR count). The highest BCUT2D eigenvalue weighted by Gasteiger charge is 2.25. The van der Waals surface area contributed by atoms with Gasteiger partial charge in [0.15, 0.2) is 0 Å². The number of nitrogens with two attached hydrogens (primary N) is 1. The Kier molecular flexibility index (Phi) is 3.47. The highest BCUT2D eigenvalue weighted by atomic mass is 16.2. The molecule has 94 valence electrons. The number of hydrogen-bond acceptors (Lipinski definition) is 3. The summed E-state index contributed by atoms with van der Waals surface area (Å²) in [6.07, 6.45) is 4.59. The third kappa shape index (κ3) is 2.49. The molecule has 0 aliphatic carbocycles. The lowest BCUT2D eigenvalue weighted by Gasteiger charge is -2.30. The largest absolute Gasteiger partial charge is 0.337 e. The van der Waals surface area contributed by atoms with Gasteiger partial charge in [-0.1, -0.05) is 6.92 Å². The van der Waals surface area contributed by atoms with Crippen LogP contribution >= 0.6 is 0 Å². The number of carbonyl (C=O) groups is 1. The van der Waals surface area contributed by atoms with Crippen LogP contribution in [0.25, 0.3) is 0 Å². The maximum absolute atomic E-state index is 12.4. The zero-order valence-corrected chi connectivity index (χ0v) is 10.5. The molecule has 2 N–H and O–H groups in total. The van der Waals surface area contributed by atoms with Crippen molar-refractivity contribution in [2.45, 2.75) is 32.2 Å². The number of likely N-dealkylation sites (tertiary alicyclic amines) is 1. The number of piperidine rings is 1. The number of rotatable bonds is 2. The Balaban J connectivity index is 2.18. The van der Waals surface area contributed by atoms with E-state index in [-0.39, 0.29) is 11.9 Å². The molecule has 2 heterocycles. The van der Waals surface area contributed by atoms with Crippen molar-refractivity contribution in [2.24, 2.45) is 12.8 Å². The van der Waals surface area contributed by atoms with E-state index in [2.05, 4.69) is 5.10 Å². The SMILES string of the molecule is CCc1nn(C)cc1C(=O)N1CCCC(N)C1. The minimum Gasteiger partial charge on any atom is -0.337 e. The van der Waals surface area contributed by atoms with Crippen LogP contribution in [0.1, 0.15) is 35.8 Å². The van der Waals surface area contributed by atoms with Crippen LogP contribution in [-0.4, -0.2) is 39.7 Å². The predicted octanol–water partition coefficient (Wildman–Crippen LogP) is 0.546. The molecule has 0 aromatic carbocycles. The molecule has 1 saturated heterocycles. The smallest absolute Gasteiger partial charge is 0.257 e. The van der Waals surface area contributed by atoms with Gasteiger partial charge in [-0.05, 0) is 19.3 Å². The van der Waals surface area contributed by atoms with Gasteiger partial charge >= 0.3 is 0 Å². The summed E-state index contributed by atoms with van der Waals surface area (Å²) < 4.78 is 1.70. The van der Waals surface area contributed by atoms with Gasteiger partial charge in [-0.2, -0.15) is 5.10 Å². The van der Waals surface area contributed by atoms with E-state index in [9.17, 15) is 4.79 Å². The average Bonchev–Trinajstić information content (AvgIpc) is 2.69. The van der Waals surface area contributed by atoms with Crippen molar-refractivity contribution < 1.29 is 4.79 Å². The summed E-state index contributed by atoms with van der Waals surface area (Å²) in [6.45, 7) is 3.49. The van der Waals surface area contributed by atoms with E-state index < -0.39 is 0 Å². The lowest BCUT2D eigenvalue weighted by atomic mass is 10.1. The molecule has 17 heavy (non-hydrogen) atoms. The summed E-state index contributed by atoms with van der Waals surface area (Å²) in [5.41, 5.74) is 7.50. The fourth-order valence-corrected chi connectivity index (χ4v) is 2.34. The fraction of sp³-hybridized carbons (Fsp3) is 0.667. The Hall–Kier alpha value is -1.36. The van der Waals surface area contributed by atoms with Gasteiger partial charge in [-0.25, -0.2) is 0 Å². The maximum atomic E-state index is 12.4. The molecular weight excluding hydrogens is 216 g/mol. The number of nitrogens with zero attached hydrogens (tertiary/aromatic N) is 3. The van der Waals surface area contributed by atoms with Gasteiger partial charge in [0.05, 0.1) is 11.3 Å². The van der Waals surface area contributed by atoms with Crippen molar-refractivity contribution >= 4 is 5.91 Å². The number of aromatic nitrogens is 2. The molecule has 5 heteroatoms. The van der Waals surface area contributed by atoms with E-state index >= 15 is 0 Å². The second-order valence-corrected chi connectivity index (χ2v) is 4.67. The molecule has 1 fully saturated rings. The summed E-state index contributed by atoms with van der Waals surface area (Å²) >= 11 is 0. The zero-order valence-electron chi connectivity index (χ0n) is 10.5. The number of carbonyl (C=O) groups excluding carboxylic acids is 1. The van der Waals surface area contributed by atoms with Crippen LogP contribution in [0.2, 0.25) is 0 Å². The molecule has 1 aromatic rings. The van der Waals surface area contributed by atoms with Gasteiger partial charge in [-0.3, -0.25) is 9.48 Å². The van der Waals surface area contributed by atoms with Crippen molar-refractivity contribution in [3.05, 3.63) is 17.5 Å². The molecule has 1 aliphatic heterocycles. The third-order valence-electron chi connectivity index (χ3n) is 3.22. The second kappa shape index (κ2) is 4.87. The third-order valence-corrected chi connectivity index (χ3v) is 3.22. The first kappa shape index (κ1) is 12.1. The monoisotopic (exact) mass is 236 g/mol. The molecule has 1 amide bonds. The van der Waals surface area contributed by atoms with Crippen LogP contribution in [0.15, 0.2) is 6.20 Å². The minimum absolute atomic E-state index is 0.0742. The Morgan fingerprint density at radius 3 is 3.06 bits per heavy atom. The van der Waals surface area contributed by atoms with Crippen LogP contribution in [0.4, 0.5) is 0 Å². The van der Waals surface area contributed by atoms with E-state index in [4.69, 9.17) is 5.73 Å². The molecule has 1 unspecified atom stereocenters. The first-order valence-corrected chi connectivity index (χ1v) is 6.19. The van der Waals surface area contributed by atoms with Crippen LogP contribution in [-0.2, 0) is 13.5 Å². The highest BCUT2D eigenvalue weighted by molar-refractivity contribution is 5.95. The summed E-state index contributed by atoms with van der Waals surface area (Å²) in [5.74, 6) is 0.0742. The average molecular weight is 236 g/mol. The van der Waals surface area contributed by atoms with Crippen molar-refractivity contribution in [1.82, 2.24) is 14.7 Å². The summed E-state index contributed by atoms with van der Waals surface area (Å²) in [6, 6.07) is 0.120. The topological polar surface area (TPSA) is 64.2 Å².